The molecule has 23 heavy (non-hydrogen) atoms. The Balaban J connectivity index is 1.87. The molecule has 2 aliphatic carbocycles. The van der Waals surface area contributed by atoms with E-state index in [-0.39, 0.29) is 5.41 Å². The third-order valence-corrected chi connectivity index (χ3v) is 6.06. The zero-order chi connectivity index (χ0) is 15.9. The van der Waals surface area contributed by atoms with Crippen molar-refractivity contribution in [3.05, 3.63) is 96.1 Å². The maximum Gasteiger partial charge on any atom is 0.00738 e. The summed E-state index contributed by atoms with van der Waals surface area (Å²) in [5.74, 6) is 1.21. The second-order valence-electron chi connectivity index (χ2n) is 7.13. The minimum Gasteiger partial charge on any atom is -0.103 e. The molecule has 0 amide bonds. The Morgan fingerprint density at radius 3 is 2.13 bits per heavy atom. The van der Waals surface area contributed by atoms with Crippen LogP contribution in [-0.2, 0) is 18.3 Å². The van der Waals surface area contributed by atoms with Gasteiger partial charge < -0.3 is 0 Å². The highest BCUT2D eigenvalue weighted by molar-refractivity contribution is 5.51. The largest absolute Gasteiger partial charge is 0.103 e. The van der Waals surface area contributed by atoms with E-state index in [0.29, 0.717) is 11.8 Å². The van der Waals surface area contributed by atoms with Crippen molar-refractivity contribution in [1.82, 2.24) is 0 Å². The lowest BCUT2D eigenvalue weighted by molar-refractivity contribution is 0.270. The molecule has 2 aromatic rings. The van der Waals surface area contributed by atoms with Gasteiger partial charge in [-0.05, 0) is 59.8 Å². The van der Waals surface area contributed by atoms with Crippen LogP contribution in [0.4, 0.5) is 0 Å². The summed E-state index contributed by atoms with van der Waals surface area (Å²) >= 11 is 0. The van der Waals surface area contributed by atoms with Gasteiger partial charge in [-0.3, -0.25) is 0 Å². The molecule has 0 radical (unpaired) electrons. The molecule has 0 saturated carbocycles. The molecule has 0 fully saturated rings. The highest BCUT2D eigenvalue weighted by Gasteiger charge is 2.53. The van der Waals surface area contributed by atoms with Gasteiger partial charge in [0.2, 0.25) is 0 Å². The molecule has 0 heterocycles. The zero-order valence-corrected chi connectivity index (χ0v) is 13.7. The molecular formula is C23H24. The van der Waals surface area contributed by atoms with Crippen molar-refractivity contribution in [2.75, 3.05) is 0 Å². The quantitative estimate of drug-likeness (QED) is 0.646. The Hall–Kier alpha value is -2.08. The van der Waals surface area contributed by atoms with Crippen LogP contribution in [0.1, 0.15) is 41.0 Å². The maximum absolute atomic E-state index is 4.06. The molecule has 0 aliphatic heterocycles. The Bertz CT molecular complexity index is 727. The summed E-state index contributed by atoms with van der Waals surface area (Å²) in [5, 5.41) is 0. The maximum atomic E-state index is 4.06. The van der Waals surface area contributed by atoms with Gasteiger partial charge in [0.05, 0.1) is 0 Å². The second kappa shape index (κ2) is 5.53. The van der Waals surface area contributed by atoms with Gasteiger partial charge in [0.25, 0.3) is 0 Å². The van der Waals surface area contributed by atoms with Crippen LogP contribution < -0.4 is 0 Å². The number of rotatable bonds is 4. The minimum absolute atomic E-state index is 0.252. The summed E-state index contributed by atoms with van der Waals surface area (Å²) in [7, 11) is 0. The third kappa shape index (κ3) is 2.05. The summed E-state index contributed by atoms with van der Waals surface area (Å²) in [6, 6.07) is 18.1. The Morgan fingerprint density at radius 2 is 1.48 bits per heavy atom. The Kier molecular flexibility index (Phi) is 3.49. The Labute approximate surface area is 139 Å². The van der Waals surface area contributed by atoms with Crippen LogP contribution >= 0.6 is 0 Å². The fourth-order valence-corrected chi connectivity index (χ4v) is 5.21. The first kappa shape index (κ1) is 14.5. The smallest absolute Gasteiger partial charge is 0.00738 e. The predicted molar refractivity (Wildman–Crippen MR) is 97.8 cm³/mol. The van der Waals surface area contributed by atoms with E-state index in [4.69, 9.17) is 0 Å². The van der Waals surface area contributed by atoms with E-state index in [9.17, 15) is 0 Å². The minimum atomic E-state index is 0.252. The second-order valence-corrected chi connectivity index (χ2v) is 7.13. The topological polar surface area (TPSA) is 0 Å². The fourth-order valence-electron chi connectivity index (χ4n) is 5.21. The molecule has 116 valence electrons. The van der Waals surface area contributed by atoms with Gasteiger partial charge in [-0.1, -0.05) is 60.7 Å². The third-order valence-electron chi connectivity index (χ3n) is 6.06. The van der Waals surface area contributed by atoms with Crippen molar-refractivity contribution < 1.29 is 0 Å². The number of hydrogen-bond acceptors (Lipinski definition) is 0. The van der Waals surface area contributed by atoms with Crippen LogP contribution in [0.3, 0.4) is 0 Å². The molecule has 0 bridgehead atoms. The lowest BCUT2D eigenvalue weighted by atomic mass is 9.68. The van der Waals surface area contributed by atoms with E-state index in [1.54, 1.807) is 11.1 Å². The summed E-state index contributed by atoms with van der Waals surface area (Å²) < 4.78 is 0. The van der Waals surface area contributed by atoms with Gasteiger partial charge in [0, 0.05) is 5.41 Å². The molecule has 0 N–H and O–H groups in total. The van der Waals surface area contributed by atoms with E-state index in [1.165, 1.54) is 24.0 Å². The molecule has 2 atom stereocenters. The van der Waals surface area contributed by atoms with Gasteiger partial charge in [0.1, 0.15) is 0 Å². The lowest BCUT2D eigenvalue weighted by Crippen LogP contribution is -2.33. The highest BCUT2D eigenvalue weighted by atomic mass is 14.6. The molecule has 1 spiro atoms. The first-order chi connectivity index (χ1) is 11.3. The first-order valence-corrected chi connectivity index (χ1v) is 8.68. The molecule has 2 unspecified atom stereocenters. The SMILES string of the molecule is C=CCC1c2ccccc2C2(Cc3ccccc3C2)C1CC=C. The summed E-state index contributed by atoms with van der Waals surface area (Å²) in [6.07, 6.45) is 8.71. The number of benzene rings is 2. The van der Waals surface area contributed by atoms with E-state index < -0.39 is 0 Å². The summed E-state index contributed by atoms with van der Waals surface area (Å²) in [6.45, 7) is 8.08. The van der Waals surface area contributed by atoms with Gasteiger partial charge >= 0.3 is 0 Å². The molecule has 0 heteroatoms. The summed E-state index contributed by atoms with van der Waals surface area (Å²) in [4.78, 5) is 0. The number of hydrogen-bond donors (Lipinski definition) is 0. The standard InChI is InChI=1S/C23H24/c1-3-9-19-20-13-7-8-14-22(20)23(21(19)10-4-2)15-17-11-5-6-12-18(17)16-23/h3-8,11-14,19,21H,1-2,9-10,15-16H2. The van der Waals surface area contributed by atoms with Gasteiger partial charge in [-0.25, -0.2) is 0 Å². The van der Waals surface area contributed by atoms with Crippen molar-refractivity contribution in [2.45, 2.75) is 37.0 Å². The molecule has 2 aliphatic rings. The fraction of sp³-hybridized carbons (Fsp3) is 0.304. The number of fused-ring (bicyclic) bond motifs is 3. The van der Waals surface area contributed by atoms with E-state index in [2.05, 4.69) is 73.8 Å². The summed E-state index contributed by atoms with van der Waals surface area (Å²) in [5.41, 5.74) is 6.45. The molecule has 2 aromatic carbocycles. The molecule has 0 aromatic heterocycles. The highest BCUT2D eigenvalue weighted by Crippen LogP contribution is 2.58. The normalized spacial score (nSPS) is 23.5. The lowest BCUT2D eigenvalue weighted by Gasteiger charge is -2.34. The van der Waals surface area contributed by atoms with E-state index >= 15 is 0 Å². The Morgan fingerprint density at radius 1 is 0.870 bits per heavy atom. The monoisotopic (exact) mass is 300 g/mol. The van der Waals surface area contributed by atoms with E-state index in [1.807, 2.05) is 0 Å². The van der Waals surface area contributed by atoms with Crippen LogP contribution in [0, 0.1) is 5.92 Å². The molecule has 0 nitrogen and oxygen atoms in total. The van der Waals surface area contributed by atoms with Gasteiger partial charge in [-0.2, -0.15) is 0 Å². The van der Waals surface area contributed by atoms with Crippen LogP contribution in [-0.4, -0.2) is 0 Å². The van der Waals surface area contributed by atoms with Crippen LogP contribution in [0.2, 0.25) is 0 Å². The number of allylic oxidation sites excluding steroid dienone is 2. The molecular weight excluding hydrogens is 276 g/mol. The average molecular weight is 300 g/mol. The van der Waals surface area contributed by atoms with Gasteiger partial charge in [0.15, 0.2) is 0 Å². The van der Waals surface area contributed by atoms with Crippen LogP contribution in [0.5, 0.6) is 0 Å². The average Bonchev–Trinajstić information content (AvgIpc) is 3.08. The van der Waals surface area contributed by atoms with Crippen molar-refractivity contribution >= 4 is 0 Å². The van der Waals surface area contributed by atoms with Crippen LogP contribution in [0.25, 0.3) is 0 Å². The van der Waals surface area contributed by atoms with Crippen molar-refractivity contribution in [3.63, 3.8) is 0 Å². The van der Waals surface area contributed by atoms with E-state index in [0.717, 1.165) is 12.8 Å². The van der Waals surface area contributed by atoms with Crippen molar-refractivity contribution in [3.8, 4) is 0 Å². The molecule has 4 rings (SSSR count). The zero-order valence-electron chi connectivity index (χ0n) is 13.7. The van der Waals surface area contributed by atoms with Crippen molar-refractivity contribution in [1.29, 1.82) is 0 Å². The van der Waals surface area contributed by atoms with Crippen LogP contribution in [0.15, 0.2) is 73.8 Å². The van der Waals surface area contributed by atoms with Crippen molar-refractivity contribution in [2.24, 2.45) is 5.92 Å². The first-order valence-electron chi connectivity index (χ1n) is 8.68. The molecule has 0 saturated heterocycles. The van der Waals surface area contributed by atoms with Gasteiger partial charge in [-0.15, -0.1) is 13.2 Å². The predicted octanol–water partition coefficient (Wildman–Crippen LogP) is 5.59.